The number of hydrogen-bond acceptors (Lipinski definition) is 4. The molecule has 0 aliphatic rings. The number of nitrogens with zero attached hydrogens (tertiary/aromatic N) is 2. The maximum Gasteiger partial charge on any atom is 0.288 e. The molecular formula is C16H14ClN3O3. The van der Waals surface area contributed by atoms with E-state index in [9.17, 15) is 14.9 Å². The van der Waals surface area contributed by atoms with E-state index in [2.05, 4.69) is 10.5 Å². The fourth-order valence-electron chi connectivity index (χ4n) is 1.85. The molecule has 1 N–H and O–H groups in total. The molecule has 118 valence electrons. The molecule has 0 aliphatic carbocycles. The number of hydrazone groups is 1. The van der Waals surface area contributed by atoms with E-state index in [0.717, 1.165) is 5.56 Å². The number of carbonyl (C=O) groups excluding carboxylic acids is 1. The molecule has 0 unspecified atom stereocenters. The lowest BCUT2D eigenvalue weighted by Gasteiger charge is -2.04. The first-order valence-electron chi connectivity index (χ1n) is 6.74. The Bertz CT molecular complexity index is 786. The third-order valence-electron chi connectivity index (χ3n) is 3.20. The Hall–Kier alpha value is -2.73. The molecule has 2 aromatic rings. The molecule has 23 heavy (non-hydrogen) atoms. The lowest BCUT2D eigenvalue weighted by Crippen LogP contribution is -2.19. The highest BCUT2D eigenvalue weighted by Crippen LogP contribution is 2.25. The molecule has 2 aromatic carbocycles. The molecule has 0 bridgehead atoms. The summed E-state index contributed by atoms with van der Waals surface area (Å²) in [5.41, 5.74) is 4.69. The quantitative estimate of drug-likeness (QED) is 0.526. The Morgan fingerprint density at radius 3 is 2.39 bits per heavy atom. The van der Waals surface area contributed by atoms with Gasteiger partial charge in [-0.3, -0.25) is 14.9 Å². The van der Waals surface area contributed by atoms with Crippen LogP contribution in [0, 0.1) is 17.0 Å². The third-order valence-corrected chi connectivity index (χ3v) is 3.52. The largest absolute Gasteiger partial charge is 0.288 e. The van der Waals surface area contributed by atoms with E-state index in [-0.39, 0.29) is 16.6 Å². The van der Waals surface area contributed by atoms with Crippen molar-refractivity contribution < 1.29 is 9.72 Å². The summed E-state index contributed by atoms with van der Waals surface area (Å²) in [7, 11) is 0. The summed E-state index contributed by atoms with van der Waals surface area (Å²) in [6.45, 7) is 3.57. The Morgan fingerprint density at radius 2 is 1.78 bits per heavy atom. The van der Waals surface area contributed by atoms with Crippen LogP contribution in [0.5, 0.6) is 0 Å². The molecule has 6 nitrogen and oxygen atoms in total. The predicted octanol–water partition coefficient (Wildman–Crippen LogP) is 3.71. The number of carbonyl (C=O) groups is 1. The average molecular weight is 332 g/mol. The Kier molecular flexibility index (Phi) is 5.08. The van der Waals surface area contributed by atoms with Gasteiger partial charge in [0.15, 0.2) is 0 Å². The van der Waals surface area contributed by atoms with Gasteiger partial charge in [-0.25, -0.2) is 5.43 Å². The molecule has 1 amide bonds. The van der Waals surface area contributed by atoms with E-state index in [0.29, 0.717) is 16.8 Å². The first kappa shape index (κ1) is 16.6. The van der Waals surface area contributed by atoms with Crippen LogP contribution in [0.15, 0.2) is 47.6 Å². The lowest BCUT2D eigenvalue weighted by atomic mass is 10.1. The van der Waals surface area contributed by atoms with Crippen molar-refractivity contribution >= 4 is 28.9 Å². The highest BCUT2D eigenvalue weighted by Gasteiger charge is 2.14. The Labute approximate surface area is 137 Å². The summed E-state index contributed by atoms with van der Waals surface area (Å²) < 4.78 is 0. The monoisotopic (exact) mass is 331 g/mol. The van der Waals surface area contributed by atoms with E-state index in [1.165, 1.54) is 12.1 Å². The van der Waals surface area contributed by atoms with Crippen molar-refractivity contribution in [1.82, 2.24) is 5.43 Å². The van der Waals surface area contributed by atoms with Crippen LogP contribution in [0.25, 0.3) is 0 Å². The van der Waals surface area contributed by atoms with Crippen molar-refractivity contribution in [2.24, 2.45) is 5.10 Å². The lowest BCUT2D eigenvalue weighted by molar-refractivity contribution is -0.384. The van der Waals surface area contributed by atoms with Crippen LogP contribution in [0.4, 0.5) is 5.69 Å². The molecule has 0 aliphatic heterocycles. The second-order valence-corrected chi connectivity index (χ2v) is 5.33. The van der Waals surface area contributed by atoms with Crippen molar-refractivity contribution in [1.29, 1.82) is 0 Å². The molecule has 2 rings (SSSR count). The maximum absolute atomic E-state index is 12.0. The number of amides is 1. The molecule has 0 radical (unpaired) electrons. The SMILES string of the molecule is C/C(=N\NC(=O)c1ccc(C)cc1)c1ccc(Cl)c([N+](=O)[O-])c1. The van der Waals surface area contributed by atoms with Crippen molar-refractivity contribution in [2.45, 2.75) is 13.8 Å². The second kappa shape index (κ2) is 7.02. The van der Waals surface area contributed by atoms with Gasteiger partial charge in [-0.2, -0.15) is 5.10 Å². The van der Waals surface area contributed by atoms with E-state index in [1.807, 2.05) is 19.1 Å². The van der Waals surface area contributed by atoms with E-state index in [1.54, 1.807) is 25.1 Å². The van der Waals surface area contributed by atoms with Crippen LogP contribution in [-0.4, -0.2) is 16.5 Å². The highest BCUT2D eigenvalue weighted by atomic mass is 35.5. The molecule has 0 saturated heterocycles. The van der Waals surface area contributed by atoms with E-state index >= 15 is 0 Å². The van der Waals surface area contributed by atoms with Gasteiger partial charge in [0.2, 0.25) is 0 Å². The molecule has 0 spiro atoms. The van der Waals surface area contributed by atoms with Gasteiger partial charge in [-0.1, -0.05) is 35.4 Å². The number of hydrogen-bond donors (Lipinski definition) is 1. The number of halogens is 1. The van der Waals surface area contributed by atoms with Gasteiger partial charge >= 0.3 is 0 Å². The summed E-state index contributed by atoms with van der Waals surface area (Å²) in [5.74, 6) is -0.354. The minimum absolute atomic E-state index is 0.0511. The summed E-state index contributed by atoms with van der Waals surface area (Å²) in [5, 5.41) is 14.9. The van der Waals surface area contributed by atoms with E-state index in [4.69, 9.17) is 11.6 Å². The number of aryl methyl sites for hydroxylation is 1. The molecule has 0 saturated carbocycles. The molecule has 7 heteroatoms. The van der Waals surface area contributed by atoms with Crippen molar-refractivity contribution in [3.8, 4) is 0 Å². The summed E-state index contributed by atoms with van der Waals surface area (Å²) >= 11 is 5.76. The smallest absolute Gasteiger partial charge is 0.267 e. The number of nitrogens with one attached hydrogen (secondary N) is 1. The number of nitro groups is 1. The Balaban J connectivity index is 2.16. The van der Waals surface area contributed by atoms with E-state index < -0.39 is 4.92 Å². The summed E-state index contributed by atoms with van der Waals surface area (Å²) in [6, 6.07) is 11.4. The molecule has 0 aromatic heterocycles. The number of benzene rings is 2. The highest BCUT2D eigenvalue weighted by molar-refractivity contribution is 6.32. The third kappa shape index (κ3) is 4.14. The normalized spacial score (nSPS) is 11.2. The zero-order chi connectivity index (χ0) is 17.0. The molecule has 0 fully saturated rings. The van der Waals surface area contributed by atoms with Gasteiger partial charge in [0, 0.05) is 17.2 Å². The van der Waals surface area contributed by atoms with Gasteiger partial charge in [-0.05, 0) is 32.0 Å². The zero-order valence-corrected chi connectivity index (χ0v) is 13.3. The zero-order valence-electron chi connectivity index (χ0n) is 12.5. The van der Waals surface area contributed by atoms with Gasteiger partial charge in [-0.15, -0.1) is 0 Å². The predicted molar refractivity (Wildman–Crippen MR) is 89.0 cm³/mol. The fraction of sp³-hybridized carbons (Fsp3) is 0.125. The second-order valence-electron chi connectivity index (χ2n) is 4.93. The topological polar surface area (TPSA) is 84.6 Å². The van der Waals surface area contributed by atoms with Crippen LogP contribution in [0.3, 0.4) is 0 Å². The number of rotatable bonds is 4. The van der Waals surface area contributed by atoms with Gasteiger partial charge in [0.25, 0.3) is 11.6 Å². The summed E-state index contributed by atoms with van der Waals surface area (Å²) in [4.78, 5) is 22.3. The van der Waals surface area contributed by atoms with Crippen LogP contribution >= 0.6 is 11.6 Å². The average Bonchev–Trinajstić information content (AvgIpc) is 2.53. The molecular weight excluding hydrogens is 318 g/mol. The Morgan fingerprint density at radius 1 is 1.17 bits per heavy atom. The molecule has 0 heterocycles. The van der Waals surface area contributed by atoms with Gasteiger partial charge in [0.1, 0.15) is 5.02 Å². The van der Waals surface area contributed by atoms with Crippen LogP contribution in [0.1, 0.15) is 28.4 Å². The minimum Gasteiger partial charge on any atom is -0.267 e. The first-order chi connectivity index (χ1) is 10.9. The van der Waals surface area contributed by atoms with Crippen molar-refractivity contribution in [2.75, 3.05) is 0 Å². The van der Waals surface area contributed by atoms with Gasteiger partial charge in [0.05, 0.1) is 10.6 Å². The fourth-order valence-corrected chi connectivity index (χ4v) is 2.03. The van der Waals surface area contributed by atoms with Gasteiger partial charge < -0.3 is 0 Å². The first-order valence-corrected chi connectivity index (χ1v) is 7.12. The van der Waals surface area contributed by atoms with Crippen LogP contribution in [0.2, 0.25) is 5.02 Å². The maximum atomic E-state index is 12.0. The van der Waals surface area contributed by atoms with Crippen LogP contribution in [-0.2, 0) is 0 Å². The minimum atomic E-state index is -0.565. The standard InChI is InChI=1S/C16H14ClN3O3/c1-10-3-5-12(6-4-10)16(21)19-18-11(2)13-7-8-14(17)15(9-13)20(22)23/h3-9H,1-2H3,(H,19,21)/b18-11+. The van der Waals surface area contributed by atoms with Crippen LogP contribution < -0.4 is 5.43 Å². The van der Waals surface area contributed by atoms with Crippen molar-refractivity contribution in [3.05, 3.63) is 74.3 Å². The summed E-state index contributed by atoms with van der Waals surface area (Å²) in [6.07, 6.45) is 0. The molecule has 0 atom stereocenters. The number of nitro benzene ring substituents is 1. The van der Waals surface area contributed by atoms with Crippen molar-refractivity contribution in [3.63, 3.8) is 0 Å².